The van der Waals surface area contributed by atoms with Crippen molar-refractivity contribution in [2.75, 3.05) is 45.1 Å². The van der Waals surface area contributed by atoms with Gasteiger partial charge in [-0.05, 0) is 44.3 Å². The van der Waals surface area contributed by atoms with Crippen LogP contribution in [-0.4, -0.2) is 69.2 Å². The van der Waals surface area contributed by atoms with Gasteiger partial charge in [0.25, 0.3) is 5.91 Å². The number of rotatable bonds is 6. The molecule has 0 aliphatic carbocycles. The minimum absolute atomic E-state index is 0.137. The first-order valence-electron chi connectivity index (χ1n) is 9.19. The Morgan fingerprint density at radius 3 is 2.48 bits per heavy atom. The van der Waals surface area contributed by atoms with Crippen molar-refractivity contribution in [1.82, 2.24) is 14.5 Å². The summed E-state index contributed by atoms with van der Waals surface area (Å²) in [6.07, 6.45) is 0. The molecule has 1 aromatic carbocycles. The zero-order chi connectivity index (χ0) is 21.0. The van der Waals surface area contributed by atoms with Gasteiger partial charge < -0.3 is 15.5 Å². The molecule has 2 heterocycles. The molecule has 10 heteroatoms. The van der Waals surface area contributed by atoms with Crippen LogP contribution in [0, 0.1) is 6.92 Å². The average Bonchev–Trinajstić information content (AvgIpc) is 3.13. The maximum absolute atomic E-state index is 12.8. The molecule has 3 rings (SSSR count). The maximum Gasteiger partial charge on any atom is 0.261 e. The number of piperazine rings is 1. The third-order valence-corrected chi connectivity index (χ3v) is 7.49. The number of aryl methyl sites for hydroxylation is 1. The number of hydrogen-bond donors (Lipinski definition) is 2. The van der Waals surface area contributed by atoms with E-state index >= 15 is 0 Å². The van der Waals surface area contributed by atoms with Gasteiger partial charge in [0.2, 0.25) is 15.9 Å². The third kappa shape index (κ3) is 5.41. The largest absolute Gasteiger partial charge is 0.342 e. The summed E-state index contributed by atoms with van der Waals surface area (Å²) < 4.78 is 27.1. The number of likely N-dealkylation sites (N-methyl/N-ethyl adjacent to an activating group) is 1. The molecule has 29 heavy (non-hydrogen) atoms. The molecule has 1 aliphatic heterocycles. The van der Waals surface area contributed by atoms with E-state index in [1.165, 1.54) is 27.8 Å². The smallest absolute Gasteiger partial charge is 0.261 e. The van der Waals surface area contributed by atoms with E-state index in [0.717, 1.165) is 4.88 Å². The molecule has 2 aromatic rings. The van der Waals surface area contributed by atoms with Gasteiger partial charge in [0.15, 0.2) is 0 Å². The molecule has 1 saturated heterocycles. The number of carbonyl (C=O) groups excluding carboxylic acids is 2. The first kappa shape index (κ1) is 21.4. The van der Waals surface area contributed by atoms with Crippen molar-refractivity contribution >= 4 is 38.9 Å². The second-order valence-corrected chi connectivity index (χ2v) is 10.1. The molecular formula is C19H24N4O4S2. The van der Waals surface area contributed by atoms with E-state index in [0.29, 0.717) is 36.7 Å². The van der Waals surface area contributed by atoms with Crippen molar-refractivity contribution in [2.45, 2.75) is 11.8 Å². The van der Waals surface area contributed by atoms with E-state index < -0.39 is 15.9 Å². The molecular weight excluding hydrogens is 412 g/mol. The van der Waals surface area contributed by atoms with Gasteiger partial charge in [-0.3, -0.25) is 9.59 Å². The Morgan fingerprint density at radius 1 is 1.10 bits per heavy atom. The first-order valence-corrected chi connectivity index (χ1v) is 11.4. The van der Waals surface area contributed by atoms with Crippen molar-refractivity contribution < 1.29 is 18.0 Å². The van der Waals surface area contributed by atoms with Crippen LogP contribution in [0.25, 0.3) is 0 Å². The molecule has 1 aliphatic rings. The normalized spacial score (nSPS) is 15.8. The number of nitrogens with one attached hydrogen (secondary N) is 2. The van der Waals surface area contributed by atoms with Crippen LogP contribution in [0.2, 0.25) is 0 Å². The molecule has 0 spiro atoms. The summed E-state index contributed by atoms with van der Waals surface area (Å²) in [5, 5.41) is 5.20. The highest BCUT2D eigenvalue weighted by atomic mass is 32.2. The number of thiophene rings is 1. The van der Waals surface area contributed by atoms with Gasteiger partial charge in [0, 0.05) is 36.7 Å². The number of anilines is 1. The summed E-state index contributed by atoms with van der Waals surface area (Å²) >= 11 is 1.35. The fraction of sp³-hybridized carbons (Fsp3) is 0.368. The van der Waals surface area contributed by atoms with Crippen molar-refractivity contribution in [3.05, 3.63) is 46.2 Å². The second kappa shape index (κ2) is 9.04. The van der Waals surface area contributed by atoms with Crippen LogP contribution >= 0.6 is 11.3 Å². The monoisotopic (exact) mass is 436 g/mol. The summed E-state index contributed by atoms with van der Waals surface area (Å²) in [6.45, 7) is 3.92. The third-order valence-electron chi connectivity index (χ3n) is 4.59. The molecule has 0 saturated carbocycles. The highest BCUT2D eigenvalue weighted by molar-refractivity contribution is 7.89. The number of nitrogens with zero attached hydrogens (tertiary/aromatic N) is 2. The predicted molar refractivity (Wildman–Crippen MR) is 113 cm³/mol. The Kier molecular flexibility index (Phi) is 6.68. The van der Waals surface area contributed by atoms with Gasteiger partial charge in [-0.25, -0.2) is 8.42 Å². The summed E-state index contributed by atoms with van der Waals surface area (Å²) in [5.41, 5.74) is 0.367. The topological polar surface area (TPSA) is 98.8 Å². The van der Waals surface area contributed by atoms with Crippen molar-refractivity contribution in [1.29, 1.82) is 0 Å². The minimum Gasteiger partial charge on any atom is -0.342 e. The molecule has 0 unspecified atom stereocenters. The molecule has 0 radical (unpaired) electrons. The molecule has 2 amide bonds. The van der Waals surface area contributed by atoms with E-state index in [9.17, 15) is 18.0 Å². The quantitative estimate of drug-likeness (QED) is 0.713. The number of amides is 2. The number of carbonyl (C=O) groups is 2. The van der Waals surface area contributed by atoms with Gasteiger partial charge in [-0.2, -0.15) is 4.31 Å². The molecule has 0 bridgehead atoms. The SMILES string of the molecule is Cc1ccc(C(=O)NCC(=O)Nc2cccc(S(=O)(=O)N3CCN(C)CC3)c2)s1. The molecule has 0 atom stereocenters. The van der Waals surface area contributed by atoms with Gasteiger partial charge in [-0.1, -0.05) is 6.07 Å². The van der Waals surface area contributed by atoms with Gasteiger partial charge >= 0.3 is 0 Å². The number of sulfonamides is 1. The van der Waals surface area contributed by atoms with E-state index in [1.807, 2.05) is 20.0 Å². The summed E-state index contributed by atoms with van der Waals surface area (Å²) in [4.78, 5) is 28.0. The van der Waals surface area contributed by atoms with Crippen LogP contribution in [0.1, 0.15) is 14.5 Å². The lowest BCUT2D eigenvalue weighted by atomic mass is 10.3. The molecule has 156 valence electrons. The van der Waals surface area contributed by atoms with Crippen molar-refractivity contribution in [3.63, 3.8) is 0 Å². The Balaban J connectivity index is 1.60. The molecule has 2 N–H and O–H groups in total. The van der Waals surface area contributed by atoms with Crippen LogP contribution in [-0.2, 0) is 14.8 Å². The Labute approximate surface area is 174 Å². The maximum atomic E-state index is 12.8. The van der Waals surface area contributed by atoms with Crippen molar-refractivity contribution in [2.24, 2.45) is 0 Å². The van der Waals surface area contributed by atoms with Crippen LogP contribution in [0.15, 0.2) is 41.3 Å². The van der Waals surface area contributed by atoms with Crippen LogP contribution in [0.4, 0.5) is 5.69 Å². The second-order valence-electron chi connectivity index (χ2n) is 6.88. The van der Waals surface area contributed by atoms with Crippen LogP contribution in [0.3, 0.4) is 0 Å². The Bertz CT molecular complexity index is 995. The van der Waals surface area contributed by atoms with Crippen LogP contribution in [0.5, 0.6) is 0 Å². The lowest BCUT2D eigenvalue weighted by Crippen LogP contribution is -2.47. The fourth-order valence-corrected chi connectivity index (χ4v) is 5.17. The van der Waals surface area contributed by atoms with Gasteiger partial charge in [0.05, 0.1) is 16.3 Å². The molecule has 8 nitrogen and oxygen atoms in total. The summed E-state index contributed by atoms with van der Waals surface area (Å²) in [5.74, 6) is -0.745. The lowest BCUT2D eigenvalue weighted by Gasteiger charge is -2.31. The first-order chi connectivity index (χ1) is 13.8. The fourth-order valence-electron chi connectivity index (χ4n) is 2.92. The zero-order valence-electron chi connectivity index (χ0n) is 16.3. The number of benzene rings is 1. The van der Waals surface area contributed by atoms with Gasteiger partial charge in [-0.15, -0.1) is 11.3 Å². The Hall–Kier alpha value is -2.27. The Morgan fingerprint density at radius 2 is 1.83 bits per heavy atom. The summed E-state index contributed by atoms with van der Waals surface area (Å²) in [7, 11) is -1.66. The predicted octanol–water partition coefficient (Wildman–Crippen LogP) is 1.36. The zero-order valence-corrected chi connectivity index (χ0v) is 18.0. The van der Waals surface area contributed by atoms with Gasteiger partial charge in [0.1, 0.15) is 0 Å². The molecule has 1 fully saturated rings. The molecule has 1 aromatic heterocycles. The van der Waals surface area contributed by atoms with E-state index in [2.05, 4.69) is 15.5 Å². The average molecular weight is 437 g/mol. The van der Waals surface area contributed by atoms with E-state index in [4.69, 9.17) is 0 Å². The van der Waals surface area contributed by atoms with E-state index in [-0.39, 0.29) is 17.3 Å². The van der Waals surface area contributed by atoms with E-state index in [1.54, 1.807) is 18.2 Å². The van der Waals surface area contributed by atoms with Crippen molar-refractivity contribution in [3.8, 4) is 0 Å². The van der Waals surface area contributed by atoms with Crippen LogP contribution < -0.4 is 10.6 Å². The minimum atomic E-state index is -3.62. The lowest BCUT2D eigenvalue weighted by molar-refractivity contribution is -0.115. The highest BCUT2D eigenvalue weighted by Gasteiger charge is 2.27. The number of hydrogen-bond acceptors (Lipinski definition) is 6. The standard InChI is InChI=1S/C19H24N4O4S2/c1-14-6-7-17(28-14)19(25)20-13-18(24)21-15-4-3-5-16(12-15)29(26,27)23-10-8-22(2)9-11-23/h3-7,12H,8-11,13H2,1-2H3,(H,20,25)(H,21,24). The summed E-state index contributed by atoms with van der Waals surface area (Å²) in [6, 6.07) is 9.71. The highest BCUT2D eigenvalue weighted by Crippen LogP contribution is 2.21.